The van der Waals surface area contributed by atoms with Crippen molar-refractivity contribution < 1.29 is 4.79 Å². The van der Waals surface area contributed by atoms with Crippen molar-refractivity contribution in [1.29, 1.82) is 0 Å². The number of rotatable bonds is 6. The number of carbonyl (C=O) groups excluding carboxylic acids is 1. The van der Waals surface area contributed by atoms with E-state index in [4.69, 9.17) is 0 Å². The fourth-order valence-corrected chi connectivity index (χ4v) is 2.17. The van der Waals surface area contributed by atoms with E-state index in [1.54, 1.807) is 0 Å². The third-order valence-electron chi connectivity index (χ3n) is 3.26. The topological polar surface area (TPSA) is 17.1 Å². The highest BCUT2D eigenvalue weighted by molar-refractivity contribution is 5.80. The van der Waals surface area contributed by atoms with Gasteiger partial charge in [0.05, 0.1) is 0 Å². The van der Waals surface area contributed by atoms with E-state index in [-0.39, 0.29) is 0 Å². The van der Waals surface area contributed by atoms with Gasteiger partial charge in [0, 0.05) is 12.8 Å². The van der Waals surface area contributed by atoms with Crippen molar-refractivity contribution in [2.45, 2.75) is 58.8 Å². The predicted molar refractivity (Wildman–Crippen MR) is 64.8 cm³/mol. The normalized spacial score (nSPS) is 23.9. The van der Waals surface area contributed by atoms with E-state index in [1.807, 2.05) is 0 Å². The van der Waals surface area contributed by atoms with Crippen LogP contribution in [0.15, 0.2) is 12.2 Å². The highest BCUT2D eigenvalue weighted by Gasteiger charge is 2.19. The molecule has 0 aromatic carbocycles. The Kier molecular flexibility index (Phi) is 5.67. The van der Waals surface area contributed by atoms with Gasteiger partial charge in [0.1, 0.15) is 5.78 Å². The molecule has 0 heterocycles. The first-order chi connectivity index (χ1) is 7.22. The molecule has 0 bridgehead atoms. The molecule has 1 fully saturated rings. The van der Waals surface area contributed by atoms with E-state index in [9.17, 15) is 4.79 Å². The van der Waals surface area contributed by atoms with E-state index < -0.39 is 0 Å². The van der Waals surface area contributed by atoms with Crippen molar-refractivity contribution in [3.8, 4) is 0 Å². The van der Waals surface area contributed by atoms with Crippen LogP contribution in [0.4, 0.5) is 0 Å². The lowest BCUT2D eigenvalue weighted by Gasteiger charge is -2.06. The number of allylic oxidation sites excluding steroid dienone is 2. The molecule has 1 aliphatic carbocycles. The molecule has 1 unspecified atom stereocenters. The van der Waals surface area contributed by atoms with Crippen molar-refractivity contribution in [3.05, 3.63) is 12.2 Å². The summed E-state index contributed by atoms with van der Waals surface area (Å²) in [6.07, 6.45) is 12.6. The monoisotopic (exact) mass is 208 g/mol. The Balaban J connectivity index is 2.16. The van der Waals surface area contributed by atoms with Crippen molar-refractivity contribution >= 4 is 5.78 Å². The summed E-state index contributed by atoms with van der Waals surface area (Å²) >= 11 is 0. The standard InChI is InChI=1S/C14H24O/c1-3-4-5-6-12(2)7-8-13-9-10-14(15)11-13/h7-8,12-13H,3-6,9-11H2,1-2H3/b8-7+/t12?,13-/m0/s1. The fourth-order valence-electron chi connectivity index (χ4n) is 2.17. The van der Waals surface area contributed by atoms with Crippen LogP contribution in [0.1, 0.15) is 58.8 Å². The quantitative estimate of drug-likeness (QED) is 0.474. The molecule has 1 rings (SSSR count). The lowest BCUT2D eigenvalue weighted by molar-refractivity contribution is -0.117. The highest BCUT2D eigenvalue weighted by Crippen LogP contribution is 2.24. The fraction of sp³-hybridized carbons (Fsp3) is 0.786. The van der Waals surface area contributed by atoms with Gasteiger partial charge in [0.15, 0.2) is 0 Å². The molecule has 2 atom stereocenters. The number of carbonyl (C=O) groups is 1. The Morgan fingerprint density at radius 1 is 1.47 bits per heavy atom. The largest absolute Gasteiger partial charge is 0.300 e. The van der Waals surface area contributed by atoms with E-state index in [0.29, 0.717) is 17.6 Å². The molecular formula is C14H24O. The van der Waals surface area contributed by atoms with Crippen LogP contribution in [0.25, 0.3) is 0 Å². The van der Waals surface area contributed by atoms with Crippen LogP contribution >= 0.6 is 0 Å². The number of ketones is 1. The molecule has 0 spiro atoms. The van der Waals surface area contributed by atoms with Crippen LogP contribution in [0.5, 0.6) is 0 Å². The Morgan fingerprint density at radius 3 is 2.87 bits per heavy atom. The summed E-state index contributed by atoms with van der Waals surface area (Å²) in [6.45, 7) is 4.52. The van der Waals surface area contributed by atoms with Crippen LogP contribution < -0.4 is 0 Å². The molecule has 0 amide bonds. The summed E-state index contributed by atoms with van der Waals surface area (Å²) in [4.78, 5) is 11.1. The summed E-state index contributed by atoms with van der Waals surface area (Å²) in [5, 5.41) is 0. The van der Waals surface area contributed by atoms with Crippen molar-refractivity contribution in [3.63, 3.8) is 0 Å². The maximum absolute atomic E-state index is 11.1. The Bertz CT molecular complexity index is 217. The van der Waals surface area contributed by atoms with Gasteiger partial charge in [-0.2, -0.15) is 0 Å². The summed E-state index contributed by atoms with van der Waals surface area (Å²) in [5.41, 5.74) is 0. The van der Waals surface area contributed by atoms with Crippen molar-refractivity contribution in [1.82, 2.24) is 0 Å². The highest BCUT2D eigenvalue weighted by atomic mass is 16.1. The lowest BCUT2D eigenvalue weighted by atomic mass is 9.99. The first-order valence-electron chi connectivity index (χ1n) is 6.42. The molecule has 1 nitrogen and oxygen atoms in total. The molecular weight excluding hydrogens is 184 g/mol. The molecule has 86 valence electrons. The van der Waals surface area contributed by atoms with E-state index in [0.717, 1.165) is 19.3 Å². The molecule has 0 aliphatic heterocycles. The summed E-state index contributed by atoms with van der Waals surface area (Å²) < 4.78 is 0. The molecule has 1 heteroatoms. The van der Waals surface area contributed by atoms with Gasteiger partial charge < -0.3 is 0 Å². The van der Waals surface area contributed by atoms with Gasteiger partial charge in [-0.1, -0.05) is 45.3 Å². The molecule has 0 saturated heterocycles. The SMILES string of the molecule is CCCCCC(C)/C=C/[C@H]1CCC(=O)C1. The number of Topliss-reactive ketones (excluding diaryl/α,β-unsaturated/α-hetero) is 1. The zero-order chi connectivity index (χ0) is 11.1. The number of hydrogen-bond donors (Lipinski definition) is 0. The van der Waals surface area contributed by atoms with Crippen LogP contribution in [-0.2, 0) is 4.79 Å². The maximum Gasteiger partial charge on any atom is 0.133 e. The molecule has 1 saturated carbocycles. The Labute approximate surface area is 93.9 Å². The van der Waals surface area contributed by atoms with Gasteiger partial charge >= 0.3 is 0 Å². The molecule has 0 aromatic rings. The molecule has 0 aromatic heterocycles. The van der Waals surface area contributed by atoms with Gasteiger partial charge in [-0.3, -0.25) is 4.79 Å². The molecule has 1 aliphatic rings. The second-order valence-corrected chi connectivity index (χ2v) is 4.90. The second-order valence-electron chi connectivity index (χ2n) is 4.90. The Morgan fingerprint density at radius 2 is 2.27 bits per heavy atom. The minimum absolute atomic E-state index is 0.447. The zero-order valence-electron chi connectivity index (χ0n) is 10.2. The summed E-state index contributed by atoms with van der Waals surface area (Å²) in [5.74, 6) is 1.68. The van der Waals surface area contributed by atoms with Crippen LogP contribution in [0.2, 0.25) is 0 Å². The number of unbranched alkanes of at least 4 members (excludes halogenated alkanes) is 2. The molecule has 0 N–H and O–H groups in total. The van der Waals surface area contributed by atoms with Gasteiger partial charge in [-0.05, 0) is 24.7 Å². The van der Waals surface area contributed by atoms with E-state index >= 15 is 0 Å². The summed E-state index contributed by atoms with van der Waals surface area (Å²) in [7, 11) is 0. The first kappa shape index (κ1) is 12.5. The van der Waals surface area contributed by atoms with E-state index in [2.05, 4.69) is 26.0 Å². The summed E-state index contributed by atoms with van der Waals surface area (Å²) in [6, 6.07) is 0. The van der Waals surface area contributed by atoms with Crippen LogP contribution in [0.3, 0.4) is 0 Å². The zero-order valence-corrected chi connectivity index (χ0v) is 10.2. The third-order valence-corrected chi connectivity index (χ3v) is 3.26. The number of hydrogen-bond acceptors (Lipinski definition) is 1. The minimum Gasteiger partial charge on any atom is -0.300 e. The minimum atomic E-state index is 0.447. The van der Waals surface area contributed by atoms with E-state index in [1.165, 1.54) is 25.7 Å². The second kappa shape index (κ2) is 6.81. The van der Waals surface area contributed by atoms with Gasteiger partial charge in [0.25, 0.3) is 0 Å². The lowest BCUT2D eigenvalue weighted by Crippen LogP contribution is -1.94. The van der Waals surface area contributed by atoms with Gasteiger partial charge in [-0.25, -0.2) is 0 Å². The van der Waals surface area contributed by atoms with Crippen molar-refractivity contribution in [2.75, 3.05) is 0 Å². The van der Waals surface area contributed by atoms with Gasteiger partial charge in [0.2, 0.25) is 0 Å². The molecule has 15 heavy (non-hydrogen) atoms. The average Bonchev–Trinajstić information content (AvgIpc) is 2.62. The average molecular weight is 208 g/mol. The van der Waals surface area contributed by atoms with Crippen LogP contribution in [0, 0.1) is 11.8 Å². The Hall–Kier alpha value is -0.590. The maximum atomic E-state index is 11.1. The third kappa shape index (κ3) is 5.15. The molecule has 0 radical (unpaired) electrons. The van der Waals surface area contributed by atoms with Crippen molar-refractivity contribution in [2.24, 2.45) is 11.8 Å². The van der Waals surface area contributed by atoms with Crippen LogP contribution in [-0.4, -0.2) is 5.78 Å². The smallest absolute Gasteiger partial charge is 0.133 e. The predicted octanol–water partition coefficient (Wildman–Crippen LogP) is 4.13. The first-order valence-corrected chi connectivity index (χ1v) is 6.42. The van der Waals surface area contributed by atoms with Gasteiger partial charge in [-0.15, -0.1) is 0 Å².